The Morgan fingerprint density at radius 3 is 2.75 bits per heavy atom. The van der Waals surface area contributed by atoms with E-state index < -0.39 is 0 Å². The highest BCUT2D eigenvalue weighted by molar-refractivity contribution is 14.1. The topological polar surface area (TPSA) is 86.1 Å². The van der Waals surface area contributed by atoms with E-state index in [1.165, 1.54) is 0 Å². The van der Waals surface area contributed by atoms with Crippen LogP contribution in [0.5, 0.6) is 5.75 Å². The summed E-state index contributed by atoms with van der Waals surface area (Å²) in [5.41, 5.74) is 1.79. The van der Waals surface area contributed by atoms with Gasteiger partial charge in [0.1, 0.15) is 9.47 Å². The summed E-state index contributed by atoms with van der Waals surface area (Å²) in [7, 11) is 1.60. The predicted molar refractivity (Wildman–Crippen MR) is 118 cm³/mol. The third-order valence-corrected chi connectivity index (χ3v) is 5.57. The molecule has 1 saturated heterocycles. The molecule has 3 rings (SSSR count). The van der Waals surface area contributed by atoms with E-state index in [0.29, 0.717) is 33.4 Å². The van der Waals surface area contributed by atoms with Crippen LogP contribution in [0.1, 0.15) is 5.56 Å². The number of rotatable bonds is 6. The third kappa shape index (κ3) is 4.92. The molecule has 0 spiro atoms. The van der Waals surface area contributed by atoms with E-state index in [0.717, 1.165) is 24.3 Å². The number of nitrogens with zero attached hydrogens (tertiary/aromatic N) is 3. The zero-order valence-corrected chi connectivity index (χ0v) is 18.4. The SMILES string of the molecule is COc1cc(N2CCN(C(=O)C[NH2+]c3ncccc3C(=N)I)CC2)ccc1Cl. The second kappa shape index (κ2) is 9.53. The van der Waals surface area contributed by atoms with Crippen molar-refractivity contribution >= 4 is 55.3 Å². The summed E-state index contributed by atoms with van der Waals surface area (Å²) >= 11 is 8.05. The number of amides is 1. The number of benzene rings is 1. The Balaban J connectivity index is 1.55. The lowest BCUT2D eigenvalue weighted by Gasteiger charge is -2.36. The Morgan fingerprint density at radius 2 is 2.07 bits per heavy atom. The molecule has 9 heteroatoms. The predicted octanol–water partition coefficient (Wildman–Crippen LogP) is 2.05. The summed E-state index contributed by atoms with van der Waals surface area (Å²) in [5.74, 6) is 1.41. The number of carbonyl (C=O) groups is 1. The second-order valence-electron chi connectivity index (χ2n) is 6.35. The van der Waals surface area contributed by atoms with Crippen molar-refractivity contribution in [2.24, 2.45) is 0 Å². The van der Waals surface area contributed by atoms with Gasteiger partial charge in [-0.05, 0) is 46.9 Å². The molecule has 148 valence electrons. The monoisotopic (exact) mass is 514 g/mol. The largest absolute Gasteiger partial charge is 0.495 e. The highest BCUT2D eigenvalue weighted by Crippen LogP contribution is 2.29. The summed E-state index contributed by atoms with van der Waals surface area (Å²) in [5, 5.41) is 10.2. The molecule has 2 heterocycles. The van der Waals surface area contributed by atoms with E-state index in [1.807, 2.05) is 51.8 Å². The van der Waals surface area contributed by atoms with E-state index in [2.05, 4.69) is 9.88 Å². The van der Waals surface area contributed by atoms with Gasteiger partial charge in [0.25, 0.3) is 5.91 Å². The average Bonchev–Trinajstić information content (AvgIpc) is 2.72. The third-order valence-electron chi connectivity index (χ3n) is 4.68. The Labute approximate surface area is 182 Å². The van der Waals surface area contributed by atoms with Crippen molar-refractivity contribution in [2.75, 3.05) is 44.7 Å². The van der Waals surface area contributed by atoms with E-state index in [1.54, 1.807) is 24.7 Å². The molecule has 7 nitrogen and oxygen atoms in total. The van der Waals surface area contributed by atoms with Gasteiger partial charge >= 0.3 is 0 Å². The van der Waals surface area contributed by atoms with Crippen molar-refractivity contribution in [1.29, 1.82) is 5.41 Å². The number of hydrogen-bond donors (Lipinski definition) is 2. The van der Waals surface area contributed by atoms with Crippen molar-refractivity contribution in [3.63, 3.8) is 0 Å². The molecular weight excluding hydrogens is 493 g/mol. The standard InChI is InChI=1S/C19H21ClIN5O2/c1-28-16-11-13(4-5-15(16)20)25-7-9-26(10-8-25)17(27)12-24-19-14(18(21)22)3-2-6-23-19/h2-6,11,22H,7-10,12H2,1H3,(H,23,24)/p+1. The molecule has 1 fully saturated rings. The fraction of sp³-hybridized carbons (Fsp3) is 0.316. The molecule has 0 aliphatic carbocycles. The van der Waals surface area contributed by atoms with E-state index in [-0.39, 0.29) is 12.5 Å². The maximum atomic E-state index is 12.6. The first kappa shape index (κ1) is 20.8. The Kier molecular flexibility index (Phi) is 7.08. The fourth-order valence-corrected chi connectivity index (χ4v) is 3.79. The lowest BCUT2D eigenvalue weighted by Crippen LogP contribution is -2.82. The number of ether oxygens (including phenoxy) is 1. The summed E-state index contributed by atoms with van der Waals surface area (Å²) in [6, 6.07) is 9.37. The van der Waals surface area contributed by atoms with Gasteiger partial charge < -0.3 is 14.5 Å². The fourth-order valence-electron chi connectivity index (χ4n) is 3.14. The van der Waals surface area contributed by atoms with Crippen molar-refractivity contribution in [2.45, 2.75) is 0 Å². The van der Waals surface area contributed by atoms with Crippen LogP contribution in [0.3, 0.4) is 0 Å². The van der Waals surface area contributed by atoms with Gasteiger partial charge in [0.05, 0.1) is 17.7 Å². The Morgan fingerprint density at radius 1 is 1.32 bits per heavy atom. The van der Waals surface area contributed by atoms with Crippen LogP contribution in [-0.4, -0.2) is 59.3 Å². The molecule has 1 aromatic heterocycles. The number of anilines is 1. The van der Waals surface area contributed by atoms with Gasteiger partial charge in [-0.1, -0.05) is 11.6 Å². The lowest BCUT2D eigenvalue weighted by atomic mass is 10.2. The van der Waals surface area contributed by atoms with Gasteiger partial charge in [-0.2, -0.15) is 0 Å². The molecule has 1 amide bonds. The van der Waals surface area contributed by atoms with Gasteiger partial charge in [-0.15, -0.1) is 0 Å². The highest BCUT2D eigenvalue weighted by atomic mass is 127. The van der Waals surface area contributed by atoms with Crippen LogP contribution in [0.25, 0.3) is 0 Å². The molecular formula is C19H22ClIN5O2+. The number of piperazine rings is 1. The van der Waals surface area contributed by atoms with E-state index in [9.17, 15) is 4.79 Å². The van der Waals surface area contributed by atoms with Crippen molar-refractivity contribution < 1.29 is 14.8 Å². The van der Waals surface area contributed by atoms with E-state index in [4.69, 9.17) is 21.7 Å². The zero-order valence-electron chi connectivity index (χ0n) is 15.5. The van der Waals surface area contributed by atoms with Crippen LogP contribution < -0.4 is 15.0 Å². The number of quaternary nitrogens is 1. The molecule has 0 atom stereocenters. The maximum absolute atomic E-state index is 12.6. The molecule has 0 unspecified atom stereocenters. The quantitative estimate of drug-likeness (QED) is 0.456. The molecule has 2 aromatic rings. The molecule has 28 heavy (non-hydrogen) atoms. The molecule has 1 aliphatic rings. The Hall–Kier alpha value is -1.91. The summed E-state index contributed by atoms with van der Waals surface area (Å²) < 4.78 is 5.70. The smallest absolute Gasteiger partial charge is 0.278 e. The molecule has 0 saturated carbocycles. The second-order valence-corrected chi connectivity index (χ2v) is 7.83. The zero-order chi connectivity index (χ0) is 20.1. The van der Waals surface area contributed by atoms with Gasteiger partial charge in [0.15, 0.2) is 6.54 Å². The van der Waals surface area contributed by atoms with Crippen LogP contribution in [-0.2, 0) is 4.79 Å². The average molecular weight is 515 g/mol. The number of pyridine rings is 1. The first-order valence-electron chi connectivity index (χ1n) is 8.88. The molecule has 0 radical (unpaired) electrons. The Bertz CT molecular complexity index is 871. The maximum Gasteiger partial charge on any atom is 0.278 e. The molecule has 1 aromatic carbocycles. The lowest BCUT2D eigenvalue weighted by molar-refractivity contribution is -0.564. The summed E-state index contributed by atoms with van der Waals surface area (Å²) in [6.45, 7) is 3.11. The van der Waals surface area contributed by atoms with Gasteiger partial charge in [-0.3, -0.25) is 15.5 Å². The minimum atomic E-state index is 0.0740. The van der Waals surface area contributed by atoms with Crippen LogP contribution in [0.4, 0.5) is 11.5 Å². The number of methoxy groups -OCH3 is 1. The highest BCUT2D eigenvalue weighted by Gasteiger charge is 2.23. The van der Waals surface area contributed by atoms with Crippen LogP contribution in [0.2, 0.25) is 5.02 Å². The number of carbonyl (C=O) groups excluding carboxylic acids is 1. The number of nitrogens with one attached hydrogen (secondary N) is 1. The minimum absolute atomic E-state index is 0.0740. The number of halogens is 2. The first-order valence-corrected chi connectivity index (χ1v) is 10.3. The molecule has 1 aliphatic heterocycles. The molecule has 3 N–H and O–H groups in total. The number of hydrogen-bond acceptors (Lipinski definition) is 5. The minimum Gasteiger partial charge on any atom is -0.495 e. The van der Waals surface area contributed by atoms with Gasteiger partial charge in [-0.25, -0.2) is 4.98 Å². The molecule has 0 bridgehead atoms. The van der Waals surface area contributed by atoms with Crippen molar-refractivity contribution in [1.82, 2.24) is 9.88 Å². The van der Waals surface area contributed by atoms with Gasteiger partial charge in [0, 0.05) is 44.1 Å². The van der Waals surface area contributed by atoms with Crippen molar-refractivity contribution in [3.8, 4) is 5.75 Å². The first-order chi connectivity index (χ1) is 13.5. The summed E-state index contributed by atoms with van der Waals surface area (Å²) in [6.07, 6.45) is 1.68. The normalized spacial score (nSPS) is 14.1. The number of aromatic nitrogens is 1. The van der Waals surface area contributed by atoms with Crippen molar-refractivity contribution in [3.05, 3.63) is 47.1 Å². The van der Waals surface area contributed by atoms with E-state index >= 15 is 0 Å². The van der Waals surface area contributed by atoms with Crippen LogP contribution in [0.15, 0.2) is 36.5 Å². The van der Waals surface area contributed by atoms with Gasteiger partial charge in [0.2, 0.25) is 5.82 Å². The van der Waals surface area contributed by atoms with Crippen LogP contribution >= 0.6 is 34.2 Å². The summed E-state index contributed by atoms with van der Waals surface area (Å²) in [4.78, 5) is 21.0. The van der Waals surface area contributed by atoms with Crippen LogP contribution in [0, 0.1) is 5.41 Å². The number of nitrogens with two attached hydrogens (primary N) is 1.